The van der Waals surface area contributed by atoms with Crippen LogP contribution >= 0.6 is 11.8 Å². The molecule has 1 amide bonds. The maximum atomic E-state index is 11.7. The van der Waals surface area contributed by atoms with Crippen LogP contribution in [0.25, 0.3) is 0 Å². The average molecular weight is 331 g/mol. The zero-order valence-corrected chi connectivity index (χ0v) is 14.4. The van der Waals surface area contributed by atoms with E-state index in [0.29, 0.717) is 10.8 Å². The molecule has 0 radical (unpaired) electrons. The van der Waals surface area contributed by atoms with Crippen LogP contribution < -0.4 is 9.80 Å². The summed E-state index contributed by atoms with van der Waals surface area (Å²) < 4.78 is 5.87. The maximum absolute atomic E-state index is 11.7. The summed E-state index contributed by atoms with van der Waals surface area (Å²) >= 11 is 0.954. The molecule has 0 aliphatic heterocycles. The van der Waals surface area contributed by atoms with Crippen molar-refractivity contribution < 1.29 is 14.7 Å². The number of carbonyl (C=O) groups is 1. The number of hydrogen-bond donors (Lipinski definition) is 1. The zero-order valence-electron chi connectivity index (χ0n) is 13.6. The number of aryl methyl sites for hydroxylation is 2. The smallest absolute Gasteiger partial charge is 0.309 e. The standard InChI is InChI=1S/C18H21NO3S/c1-4-14-9-10-17(13(2)11-14)22-12-15-7-5-6-8-16(15)19(21)18(20)23-3/h5-11,21H,4,12H2,1-3H3. The number of ether oxygens (including phenoxy) is 1. The summed E-state index contributed by atoms with van der Waals surface area (Å²) in [5.74, 6) is 0.803. The van der Waals surface area contributed by atoms with Gasteiger partial charge in [-0.3, -0.25) is 10.0 Å². The predicted molar refractivity (Wildman–Crippen MR) is 94.5 cm³/mol. The first-order valence-electron chi connectivity index (χ1n) is 7.44. The van der Waals surface area contributed by atoms with Crippen LogP contribution in [0.3, 0.4) is 0 Å². The van der Waals surface area contributed by atoms with Crippen LogP contribution in [-0.2, 0) is 13.0 Å². The van der Waals surface area contributed by atoms with Crippen LogP contribution in [0.4, 0.5) is 10.5 Å². The third-order valence-corrected chi connectivity index (χ3v) is 4.12. The van der Waals surface area contributed by atoms with Crippen LogP contribution in [0, 0.1) is 6.92 Å². The molecule has 0 fully saturated rings. The Bertz CT molecular complexity index is 688. The third-order valence-electron chi connectivity index (χ3n) is 3.60. The lowest BCUT2D eigenvalue weighted by Crippen LogP contribution is -2.23. The van der Waals surface area contributed by atoms with E-state index in [1.54, 1.807) is 18.4 Å². The Labute approximate surface area is 141 Å². The van der Waals surface area contributed by atoms with Gasteiger partial charge in [-0.15, -0.1) is 0 Å². The van der Waals surface area contributed by atoms with Crippen LogP contribution in [0.1, 0.15) is 23.6 Å². The summed E-state index contributed by atoms with van der Waals surface area (Å²) in [4.78, 5) is 11.7. The second-order valence-corrected chi connectivity index (χ2v) is 5.91. The Balaban J connectivity index is 2.16. The number of carbonyl (C=O) groups excluding carboxylic acids is 1. The van der Waals surface area contributed by atoms with E-state index in [1.165, 1.54) is 5.56 Å². The molecule has 0 heterocycles. The first-order chi connectivity index (χ1) is 11.1. The highest BCUT2D eigenvalue weighted by atomic mass is 32.2. The van der Waals surface area contributed by atoms with Gasteiger partial charge in [-0.25, -0.2) is 0 Å². The Hall–Kier alpha value is -1.98. The largest absolute Gasteiger partial charge is 0.489 e. The summed E-state index contributed by atoms with van der Waals surface area (Å²) in [5.41, 5.74) is 3.52. The van der Waals surface area contributed by atoms with Crippen molar-refractivity contribution in [3.63, 3.8) is 0 Å². The molecule has 0 saturated carbocycles. The van der Waals surface area contributed by atoms with Gasteiger partial charge in [0.25, 0.3) is 0 Å². The lowest BCUT2D eigenvalue weighted by atomic mass is 10.1. The van der Waals surface area contributed by atoms with Crippen molar-refractivity contribution in [3.05, 3.63) is 59.2 Å². The van der Waals surface area contributed by atoms with E-state index >= 15 is 0 Å². The molecule has 122 valence electrons. The zero-order chi connectivity index (χ0) is 16.8. The van der Waals surface area contributed by atoms with Gasteiger partial charge in [0.2, 0.25) is 0 Å². The van der Waals surface area contributed by atoms with E-state index in [0.717, 1.165) is 35.1 Å². The number of para-hydroxylation sites is 1. The highest BCUT2D eigenvalue weighted by Crippen LogP contribution is 2.25. The molecule has 0 saturated heterocycles. The minimum absolute atomic E-state index is 0.279. The molecule has 0 bridgehead atoms. The number of nitrogens with zero attached hydrogens (tertiary/aromatic N) is 1. The lowest BCUT2D eigenvalue weighted by molar-refractivity contribution is 0.223. The van der Waals surface area contributed by atoms with Gasteiger partial charge in [-0.05, 0) is 42.9 Å². The molecule has 0 unspecified atom stereocenters. The number of thioether (sulfide) groups is 1. The fourth-order valence-corrected chi connectivity index (χ4v) is 2.54. The van der Waals surface area contributed by atoms with E-state index in [1.807, 2.05) is 31.2 Å². The predicted octanol–water partition coefficient (Wildman–Crippen LogP) is 4.82. The fourth-order valence-electron chi connectivity index (χ4n) is 2.27. The highest BCUT2D eigenvalue weighted by Gasteiger charge is 2.16. The fraction of sp³-hybridized carbons (Fsp3) is 0.278. The topological polar surface area (TPSA) is 49.8 Å². The molecule has 0 spiro atoms. The molecule has 0 aromatic heterocycles. The second-order valence-electron chi connectivity index (χ2n) is 5.15. The summed E-state index contributed by atoms with van der Waals surface area (Å²) in [5, 5.41) is 10.2. The number of anilines is 1. The first-order valence-corrected chi connectivity index (χ1v) is 8.66. The molecule has 0 atom stereocenters. The van der Waals surface area contributed by atoms with Gasteiger partial charge in [-0.2, -0.15) is 5.06 Å². The summed E-state index contributed by atoms with van der Waals surface area (Å²) in [6.07, 6.45) is 2.61. The van der Waals surface area contributed by atoms with Gasteiger partial charge < -0.3 is 4.74 Å². The molecule has 23 heavy (non-hydrogen) atoms. The van der Waals surface area contributed by atoms with Gasteiger partial charge in [0.1, 0.15) is 12.4 Å². The Morgan fingerprint density at radius 3 is 2.65 bits per heavy atom. The SMILES string of the molecule is CCc1ccc(OCc2ccccc2N(O)C(=O)SC)c(C)c1. The number of hydrogen-bond acceptors (Lipinski definition) is 4. The molecule has 4 nitrogen and oxygen atoms in total. The second kappa shape index (κ2) is 8.04. The molecule has 2 aromatic rings. The van der Waals surface area contributed by atoms with Gasteiger partial charge in [-0.1, -0.05) is 49.0 Å². The molecule has 0 aliphatic carbocycles. The van der Waals surface area contributed by atoms with E-state index in [2.05, 4.69) is 13.0 Å². The molecular weight excluding hydrogens is 310 g/mol. The summed E-state index contributed by atoms with van der Waals surface area (Å²) in [6, 6.07) is 13.3. The van der Waals surface area contributed by atoms with Gasteiger partial charge in [0.05, 0.1) is 5.69 Å². The highest BCUT2D eigenvalue weighted by molar-refractivity contribution is 8.13. The van der Waals surface area contributed by atoms with Crippen LogP contribution in [-0.4, -0.2) is 16.7 Å². The number of amides is 1. The summed E-state index contributed by atoms with van der Waals surface area (Å²) in [6.45, 7) is 4.40. The normalized spacial score (nSPS) is 10.4. The van der Waals surface area contributed by atoms with Crippen molar-refractivity contribution in [2.24, 2.45) is 0 Å². The Morgan fingerprint density at radius 2 is 2.00 bits per heavy atom. The van der Waals surface area contributed by atoms with Gasteiger partial charge in [0, 0.05) is 5.56 Å². The van der Waals surface area contributed by atoms with Crippen molar-refractivity contribution >= 4 is 22.7 Å². The van der Waals surface area contributed by atoms with Crippen LogP contribution in [0.15, 0.2) is 42.5 Å². The van der Waals surface area contributed by atoms with Gasteiger partial charge >= 0.3 is 5.24 Å². The maximum Gasteiger partial charge on any atom is 0.309 e. The Kier molecular flexibility index (Phi) is 6.07. The van der Waals surface area contributed by atoms with E-state index in [4.69, 9.17) is 4.74 Å². The van der Waals surface area contributed by atoms with Crippen molar-refractivity contribution in [2.75, 3.05) is 11.3 Å². The molecule has 2 rings (SSSR count). The van der Waals surface area contributed by atoms with Gasteiger partial charge in [0.15, 0.2) is 0 Å². The van der Waals surface area contributed by atoms with Crippen molar-refractivity contribution in [1.82, 2.24) is 0 Å². The molecule has 5 heteroatoms. The third kappa shape index (κ3) is 4.27. The molecule has 2 aromatic carbocycles. The quantitative estimate of drug-likeness (QED) is 0.630. The lowest BCUT2D eigenvalue weighted by Gasteiger charge is -2.18. The number of rotatable bonds is 5. The van der Waals surface area contributed by atoms with Crippen LogP contribution in [0.2, 0.25) is 0 Å². The molecule has 1 N–H and O–H groups in total. The minimum atomic E-state index is -0.430. The Morgan fingerprint density at radius 1 is 1.26 bits per heavy atom. The number of benzene rings is 2. The molecular formula is C18H21NO3S. The van der Waals surface area contributed by atoms with Crippen molar-refractivity contribution in [2.45, 2.75) is 26.9 Å². The van der Waals surface area contributed by atoms with E-state index in [9.17, 15) is 10.0 Å². The minimum Gasteiger partial charge on any atom is -0.489 e. The molecule has 0 aliphatic rings. The average Bonchev–Trinajstić information content (AvgIpc) is 2.59. The summed E-state index contributed by atoms with van der Waals surface area (Å²) in [7, 11) is 0. The van der Waals surface area contributed by atoms with Crippen LogP contribution in [0.5, 0.6) is 5.75 Å². The monoisotopic (exact) mass is 331 g/mol. The van der Waals surface area contributed by atoms with E-state index < -0.39 is 5.24 Å². The van der Waals surface area contributed by atoms with Crippen molar-refractivity contribution in [3.8, 4) is 5.75 Å². The van der Waals surface area contributed by atoms with E-state index in [-0.39, 0.29) is 6.61 Å². The van der Waals surface area contributed by atoms with Crippen molar-refractivity contribution in [1.29, 1.82) is 0 Å². The first kappa shape index (κ1) is 17.4. The number of hydroxylamine groups is 1.